The summed E-state index contributed by atoms with van der Waals surface area (Å²) in [6, 6.07) is 8.90. The highest BCUT2D eigenvalue weighted by Crippen LogP contribution is 2.39. The maximum Gasteiger partial charge on any atom is 0.0664 e. The zero-order valence-electron chi connectivity index (χ0n) is 10.7. The summed E-state index contributed by atoms with van der Waals surface area (Å²) in [6.07, 6.45) is 4.44. The van der Waals surface area contributed by atoms with Crippen LogP contribution in [0.25, 0.3) is 0 Å². The maximum absolute atomic E-state index is 9.59. The SMILES string of the molecule is CCCC(O)CNCc1ccc(C2CC2)cc1. The van der Waals surface area contributed by atoms with Crippen LogP contribution in [-0.2, 0) is 6.54 Å². The molecule has 0 amide bonds. The molecule has 1 aromatic carbocycles. The highest BCUT2D eigenvalue weighted by molar-refractivity contribution is 5.27. The molecule has 94 valence electrons. The smallest absolute Gasteiger partial charge is 0.0664 e. The zero-order valence-corrected chi connectivity index (χ0v) is 10.7. The van der Waals surface area contributed by atoms with Gasteiger partial charge in [0.2, 0.25) is 0 Å². The van der Waals surface area contributed by atoms with E-state index in [4.69, 9.17) is 0 Å². The van der Waals surface area contributed by atoms with Crippen LogP contribution in [0, 0.1) is 0 Å². The summed E-state index contributed by atoms with van der Waals surface area (Å²) in [6.45, 7) is 3.64. The van der Waals surface area contributed by atoms with E-state index in [1.165, 1.54) is 24.0 Å². The van der Waals surface area contributed by atoms with E-state index in [2.05, 4.69) is 36.5 Å². The Morgan fingerprint density at radius 1 is 1.29 bits per heavy atom. The molecule has 2 nitrogen and oxygen atoms in total. The van der Waals surface area contributed by atoms with Crippen molar-refractivity contribution in [2.75, 3.05) is 6.54 Å². The van der Waals surface area contributed by atoms with Gasteiger partial charge in [0.05, 0.1) is 6.10 Å². The first kappa shape index (κ1) is 12.6. The third-order valence-electron chi connectivity index (χ3n) is 3.36. The van der Waals surface area contributed by atoms with Crippen molar-refractivity contribution in [2.24, 2.45) is 0 Å². The van der Waals surface area contributed by atoms with Gasteiger partial charge in [0, 0.05) is 13.1 Å². The second-order valence-corrected chi connectivity index (χ2v) is 5.09. The highest BCUT2D eigenvalue weighted by Gasteiger charge is 2.22. The highest BCUT2D eigenvalue weighted by atomic mass is 16.3. The molecule has 0 spiro atoms. The van der Waals surface area contributed by atoms with E-state index in [0.717, 1.165) is 25.3 Å². The molecule has 0 aliphatic heterocycles. The molecule has 1 aliphatic carbocycles. The first-order valence-corrected chi connectivity index (χ1v) is 6.77. The van der Waals surface area contributed by atoms with Crippen LogP contribution in [0.4, 0.5) is 0 Å². The molecular formula is C15H23NO. The number of hydrogen-bond acceptors (Lipinski definition) is 2. The molecule has 0 heterocycles. The quantitative estimate of drug-likeness (QED) is 0.759. The Bertz CT molecular complexity index is 329. The summed E-state index contributed by atoms with van der Waals surface area (Å²) in [5, 5.41) is 12.9. The maximum atomic E-state index is 9.59. The first-order chi connectivity index (χ1) is 8.29. The lowest BCUT2D eigenvalue weighted by molar-refractivity contribution is 0.160. The van der Waals surface area contributed by atoms with E-state index in [1.54, 1.807) is 0 Å². The van der Waals surface area contributed by atoms with Gasteiger partial charge in [-0.15, -0.1) is 0 Å². The van der Waals surface area contributed by atoms with Crippen LogP contribution in [0.2, 0.25) is 0 Å². The molecule has 1 fully saturated rings. The zero-order chi connectivity index (χ0) is 12.1. The van der Waals surface area contributed by atoms with Crippen molar-refractivity contribution in [3.05, 3.63) is 35.4 Å². The Balaban J connectivity index is 1.71. The summed E-state index contributed by atoms with van der Waals surface area (Å²) < 4.78 is 0. The van der Waals surface area contributed by atoms with Crippen molar-refractivity contribution in [3.63, 3.8) is 0 Å². The summed E-state index contributed by atoms with van der Waals surface area (Å²) in [4.78, 5) is 0. The van der Waals surface area contributed by atoms with Crippen molar-refractivity contribution >= 4 is 0 Å². The van der Waals surface area contributed by atoms with E-state index in [0.29, 0.717) is 6.54 Å². The topological polar surface area (TPSA) is 32.3 Å². The van der Waals surface area contributed by atoms with Crippen LogP contribution in [0.3, 0.4) is 0 Å². The van der Waals surface area contributed by atoms with Crippen LogP contribution in [0.5, 0.6) is 0 Å². The molecule has 2 N–H and O–H groups in total. The Morgan fingerprint density at radius 2 is 2.00 bits per heavy atom. The van der Waals surface area contributed by atoms with E-state index in [-0.39, 0.29) is 6.10 Å². The van der Waals surface area contributed by atoms with Gasteiger partial charge in [-0.2, -0.15) is 0 Å². The van der Waals surface area contributed by atoms with E-state index >= 15 is 0 Å². The predicted octanol–water partition coefficient (Wildman–Crippen LogP) is 2.81. The lowest BCUT2D eigenvalue weighted by Crippen LogP contribution is -2.26. The summed E-state index contributed by atoms with van der Waals surface area (Å²) >= 11 is 0. The normalized spacial score (nSPS) is 17.1. The lowest BCUT2D eigenvalue weighted by Gasteiger charge is -2.10. The summed E-state index contributed by atoms with van der Waals surface area (Å²) in [7, 11) is 0. The summed E-state index contributed by atoms with van der Waals surface area (Å²) in [5.74, 6) is 0.836. The molecule has 17 heavy (non-hydrogen) atoms. The number of hydrogen-bond donors (Lipinski definition) is 2. The number of aliphatic hydroxyl groups excluding tert-OH is 1. The minimum absolute atomic E-state index is 0.203. The molecule has 1 atom stereocenters. The molecule has 1 saturated carbocycles. The largest absolute Gasteiger partial charge is 0.392 e. The third-order valence-corrected chi connectivity index (χ3v) is 3.36. The fourth-order valence-electron chi connectivity index (χ4n) is 2.14. The molecule has 0 aromatic heterocycles. The number of rotatable bonds is 7. The van der Waals surface area contributed by atoms with E-state index < -0.39 is 0 Å². The molecule has 2 heteroatoms. The third kappa shape index (κ3) is 4.14. The Labute approximate surface area is 104 Å². The van der Waals surface area contributed by atoms with Crippen LogP contribution in [-0.4, -0.2) is 17.8 Å². The van der Waals surface area contributed by atoms with Crippen LogP contribution < -0.4 is 5.32 Å². The van der Waals surface area contributed by atoms with E-state index in [1.807, 2.05) is 0 Å². The second-order valence-electron chi connectivity index (χ2n) is 5.09. The Hall–Kier alpha value is -0.860. The molecular weight excluding hydrogens is 210 g/mol. The van der Waals surface area contributed by atoms with Gasteiger partial charge >= 0.3 is 0 Å². The number of aliphatic hydroxyl groups is 1. The van der Waals surface area contributed by atoms with Gasteiger partial charge in [0.25, 0.3) is 0 Å². The van der Waals surface area contributed by atoms with E-state index in [9.17, 15) is 5.11 Å². The fourth-order valence-corrected chi connectivity index (χ4v) is 2.14. The van der Waals surface area contributed by atoms with Crippen LogP contribution in [0.1, 0.15) is 49.7 Å². The lowest BCUT2D eigenvalue weighted by atomic mass is 10.1. The molecule has 1 aromatic rings. The second kappa shape index (κ2) is 6.18. The van der Waals surface area contributed by atoms with Crippen molar-refractivity contribution in [2.45, 2.75) is 51.2 Å². The van der Waals surface area contributed by atoms with Gasteiger partial charge in [-0.3, -0.25) is 0 Å². The van der Waals surface area contributed by atoms with Gasteiger partial charge in [0.15, 0.2) is 0 Å². The van der Waals surface area contributed by atoms with Gasteiger partial charge in [-0.25, -0.2) is 0 Å². The standard InChI is InChI=1S/C15H23NO/c1-2-3-15(17)11-16-10-12-4-6-13(7-5-12)14-8-9-14/h4-7,14-17H,2-3,8-11H2,1H3. The number of benzene rings is 1. The van der Waals surface area contributed by atoms with Crippen molar-refractivity contribution in [1.82, 2.24) is 5.32 Å². The molecule has 0 radical (unpaired) electrons. The van der Waals surface area contributed by atoms with Crippen LogP contribution in [0.15, 0.2) is 24.3 Å². The first-order valence-electron chi connectivity index (χ1n) is 6.77. The Kier molecular flexibility index (Phi) is 4.57. The van der Waals surface area contributed by atoms with Crippen molar-refractivity contribution in [3.8, 4) is 0 Å². The average molecular weight is 233 g/mol. The van der Waals surface area contributed by atoms with Gasteiger partial charge in [-0.1, -0.05) is 37.6 Å². The minimum atomic E-state index is -0.203. The molecule has 0 bridgehead atoms. The minimum Gasteiger partial charge on any atom is -0.392 e. The predicted molar refractivity (Wildman–Crippen MR) is 71.0 cm³/mol. The molecule has 1 aliphatic rings. The summed E-state index contributed by atoms with van der Waals surface area (Å²) in [5.41, 5.74) is 2.79. The molecule has 2 rings (SSSR count). The van der Waals surface area contributed by atoms with Gasteiger partial charge < -0.3 is 10.4 Å². The van der Waals surface area contributed by atoms with Gasteiger partial charge in [-0.05, 0) is 36.3 Å². The van der Waals surface area contributed by atoms with Crippen LogP contribution >= 0.6 is 0 Å². The average Bonchev–Trinajstić information content (AvgIpc) is 3.14. The molecule has 0 saturated heterocycles. The fraction of sp³-hybridized carbons (Fsp3) is 0.600. The number of nitrogens with one attached hydrogen (secondary N) is 1. The molecule has 1 unspecified atom stereocenters. The monoisotopic (exact) mass is 233 g/mol. The van der Waals surface area contributed by atoms with Crippen molar-refractivity contribution < 1.29 is 5.11 Å². The van der Waals surface area contributed by atoms with Crippen molar-refractivity contribution in [1.29, 1.82) is 0 Å². The Morgan fingerprint density at radius 3 is 2.59 bits per heavy atom. The van der Waals surface area contributed by atoms with Gasteiger partial charge in [0.1, 0.15) is 0 Å².